The van der Waals surface area contributed by atoms with Crippen molar-refractivity contribution in [3.63, 3.8) is 0 Å². The molecule has 3 rings (SSSR count). The number of nitrogens with two attached hydrogens (primary N) is 2. The Labute approximate surface area is 228 Å². The van der Waals surface area contributed by atoms with Crippen LogP contribution in [0.15, 0.2) is 54.6 Å². The van der Waals surface area contributed by atoms with Gasteiger partial charge in [0.15, 0.2) is 22.5 Å². The summed E-state index contributed by atoms with van der Waals surface area (Å²) in [6.45, 7) is 3.66. The molecule has 1 heterocycles. The molecule has 2 amide bonds. The Hall–Kier alpha value is -3.85. The third-order valence-electron chi connectivity index (χ3n) is 5.99. The highest BCUT2D eigenvalue weighted by molar-refractivity contribution is 6.31. The quantitative estimate of drug-likeness (QED) is 0.225. The molecule has 6 N–H and O–H groups in total. The predicted molar refractivity (Wildman–Crippen MR) is 150 cm³/mol. The summed E-state index contributed by atoms with van der Waals surface area (Å²) in [4.78, 5) is 32.2. The van der Waals surface area contributed by atoms with Crippen LogP contribution in [0.2, 0.25) is 5.15 Å². The van der Waals surface area contributed by atoms with Crippen molar-refractivity contribution in [2.45, 2.75) is 45.6 Å². The Morgan fingerprint density at radius 3 is 2.42 bits per heavy atom. The molecular formula is C28H35ClN6O3. The smallest absolute Gasteiger partial charge is 0.273 e. The molecule has 1 aromatic heterocycles. The largest absolute Gasteiger partial charge is 0.489 e. The number of halogens is 1. The number of carbonyl (C=O) groups excluding carboxylic acids is 2. The molecule has 38 heavy (non-hydrogen) atoms. The van der Waals surface area contributed by atoms with Gasteiger partial charge in [0.25, 0.3) is 5.91 Å². The topological polar surface area (TPSA) is 145 Å². The molecule has 0 aliphatic rings. The number of anilines is 2. The first-order chi connectivity index (χ1) is 18.3. The Morgan fingerprint density at radius 1 is 0.947 bits per heavy atom. The molecular weight excluding hydrogens is 504 g/mol. The summed E-state index contributed by atoms with van der Waals surface area (Å²) in [5, 5.41) is 5.72. The van der Waals surface area contributed by atoms with E-state index in [1.807, 2.05) is 61.5 Å². The summed E-state index contributed by atoms with van der Waals surface area (Å²) in [5.74, 6) is 0.578. The standard InChI is InChI=1S/C28H35ClN6O3/c1-19(17-33-28(37)24-26(30)35-27(31)25(29)34-24)7-5-6-16-32-23(36)15-12-20-10-13-22(14-11-20)38-18-21-8-3-2-4-9-21/h2-4,8-11,13-14,19H,5-7,12,15-18H2,1H3,(H,32,36)(H,33,37)(H4,30,31,35)/t19-/m0/s1. The van der Waals surface area contributed by atoms with E-state index in [1.54, 1.807) is 0 Å². The number of rotatable bonds is 14. The van der Waals surface area contributed by atoms with E-state index in [0.29, 0.717) is 32.5 Å². The van der Waals surface area contributed by atoms with Crippen LogP contribution in [0.3, 0.4) is 0 Å². The molecule has 202 valence electrons. The van der Waals surface area contributed by atoms with Crippen molar-refractivity contribution < 1.29 is 14.3 Å². The lowest BCUT2D eigenvalue weighted by Crippen LogP contribution is -2.30. The number of amides is 2. The number of ether oxygens (including phenoxy) is 1. The third-order valence-corrected chi connectivity index (χ3v) is 6.27. The zero-order valence-corrected chi connectivity index (χ0v) is 22.3. The van der Waals surface area contributed by atoms with Gasteiger partial charge in [0, 0.05) is 19.5 Å². The zero-order chi connectivity index (χ0) is 27.3. The lowest BCUT2D eigenvalue weighted by Gasteiger charge is -2.13. The first kappa shape index (κ1) is 28.7. The van der Waals surface area contributed by atoms with E-state index in [4.69, 9.17) is 27.8 Å². The summed E-state index contributed by atoms with van der Waals surface area (Å²) >= 11 is 5.83. The molecule has 0 bridgehead atoms. The minimum Gasteiger partial charge on any atom is -0.489 e. The third kappa shape index (κ3) is 9.55. The Morgan fingerprint density at radius 2 is 1.68 bits per heavy atom. The molecule has 10 heteroatoms. The van der Waals surface area contributed by atoms with Crippen LogP contribution in [0.1, 0.15) is 54.2 Å². The van der Waals surface area contributed by atoms with E-state index < -0.39 is 5.91 Å². The first-order valence-corrected chi connectivity index (χ1v) is 13.1. The van der Waals surface area contributed by atoms with Gasteiger partial charge >= 0.3 is 0 Å². The normalized spacial score (nSPS) is 11.5. The number of unbranched alkanes of at least 4 members (excludes halogenated alkanes) is 1. The molecule has 2 aromatic carbocycles. The van der Waals surface area contributed by atoms with Crippen LogP contribution < -0.4 is 26.8 Å². The van der Waals surface area contributed by atoms with Crippen LogP contribution >= 0.6 is 11.6 Å². The van der Waals surface area contributed by atoms with E-state index >= 15 is 0 Å². The molecule has 9 nitrogen and oxygen atoms in total. The van der Waals surface area contributed by atoms with Gasteiger partial charge in [-0.15, -0.1) is 0 Å². The summed E-state index contributed by atoms with van der Waals surface area (Å²) < 4.78 is 5.81. The van der Waals surface area contributed by atoms with Crippen molar-refractivity contribution in [2.75, 3.05) is 24.6 Å². The van der Waals surface area contributed by atoms with Crippen LogP contribution in [0.5, 0.6) is 5.75 Å². The van der Waals surface area contributed by atoms with E-state index in [0.717, 1.165) is 36.1 Å². The van der Waals surface area contributed by atoms with Gasteiger partial charge in [-0.2, -0.15) is 0 Å². The van der Waals surface area contributed by atoms with Gasteiger partial charge in [0.2, 0.25) is 5.91 Å². The zero-order valence-electron chi connectivity index (χ0n) is 21.6. The molecule has 0 spiro atoms. The Kier molecular flexibility index (Phi) is 11.2. The van der Waals surface area contributed by atoms with Crippen molar-refractivity contribution in [2.24, 2.45) is 5.92 Å². The van der Waals surface area contributed by atoms with Gasteiger partial charge in [-0.05, 0) is 48.4 Å². The number of hydrogen-bond donors (Lipinski definition) is 4. The monoisotopic (exact) mass is 538 g/mol. The molecule has 1 atom stereocenters. The predicted octanol–water partition coefficient (Wildman–Crippen LogP) is 4.16. The maximum atomic E-state index is 12.3. The van der Waals surface area contributed by atoms with Crippen molar-refractivity contribution in [1.82, 2.24) is 20.6 Å². The number of aryl methyl sites for hydroxylation is 1. The van der Waals surface area contributed by atoms with Gasteiger partial charge in [0.05, 0.1) is 0 Å². The summed E-state index contributed by atoms with van der Waals surface area (Å²) in [6, 6.07) is 17.9. The van der Waals surface area contributed by atoms with E-state index in [9.17, 15) is 9.59 Å². The second-order valence-corrected chi connectivity index (χ2v) is 9.57. The van der Waals surface area contributed by atoms with E-state index in [-0.39, 0.29) is 34.3 Å². The van der Waals surface area contributed by atoms with E-state index in [1.165, 1.54) is 0 Å². The molecule has 0 fully saturated rings. The van der Waals surface area contributed by atoms with Gasteiger partial charge in [-0.3, -0.25) is 9.59 Å². The molecule has 0 saturated carbocycles. The second kappa shape index (κ2) is 14.8. The highest BCUT2D eigenvalue weighted by Gasteiger charge is 2.16. The summed E-state index contributed by atoms with van der Waals surface area (Å²) in [5.41, 5.74) is 13.4. The fraction of sp³-hybridized carbons (Fsp3) is 0.357. The van der Waals surface area contributed by atoms with Crippen LogP contribution in [0.4, 0.5) is 11.6 Å². The molecule has 0 aliphatic carbocycles. The molecule has 0 unspecified atom stereocenters. The maximum Gasteiger partial charge on any atom is 0.273 e. The number of nitrogen functional groups attached to an aromatic ring is 2. The van der Waals surface area contributed by atoms with Gasteiger partial charge in [-0.25, -0.2) is 9.97 Å². The lowest BCUT2D eigenvalue weighted by atomic mass is 10.0. The van der Waals surface area contributed by atoms with Crippen molar-refractivity contribution >= 4 is 35.1 Å². The Bertz CT molecular complexity index is 1190. The van der Waals surface area contributed by atoms with Crippen molar-refractivity contribution in [3.8, 4) is 5.75 Å². The molecule has 0 saturated heterocycles. The highest BCUT2D eigenvalue weighted by atomic mass is 35.5. The lowest BCUT2D eigenvalue weighted by molar-refractivity contribution is -0.121. The summed E-state index contributed by atoms with van der Waals surface area (Å²) in [7, 11) is 0. The molecule has 0 aliphatic heterocycles. The van der Waals surface area contributed by atoms with Crippen molar-refractivity contribution in [3.05, 3.63) is 76.6 Å². The number of nitrogens with zero attached hydrogens (tertiary/aromatic N) is 2. The fourth-order valence-corrected chi connectivity index (χ4v) is 3.87. The van der Waals surface area contributed by atoms with Crippen molar-refractivity contribution in [1.29, 1.82) is 0 Å². The highest BCUT2D eigenvalue weighted by Crippen LogP contribution is 2.18. The number of aromatic nitrogens is 2. The molecule has 3 aromatic rings. The van der Waals surface area contributed by atoms with Crippen LogP contribution in [-0.4, -0.2) is 34.9 Å². The number of nitrogens with one attached hydrogen (secondary N) is 2. The SMILES string of the molecule is C[C@@H](CCCCNC(=O)CCc1ccc(OCc2ccccc2)cc1)CNC(=O)c1nc(Cl)c(N)nc1N. The van der Waals surface area contributed by atoms with Crippen LogP contribution in [-0.2, 0) is 17.8 Å². The average molecular weight is 539 g/mol. The van der Waals surface area contributed by atoms with Crippen LogP contribution in [0, 0.1) is 5.92 Å². The minimum atomic E-state index is -0.439. The maximum absolute atomic E-state index is 12.3. The summed E-state index contributed by atoms with van der Waals surface area (Å²) in [6.07, 6.45) is 3.81. The van der Waals surface area contributed by atoms with E-state index in [2.05, 4.69) is 20.6 Å². The number of carbonyl (C=O) groups is 2. The fourth-order valence-electron chi connectivity index (χ4n) is 3.75. The van der Waals surface area contributed by atoms with Crippen LogP contribution in [0.25, 0.3) is 0 Å². The number of hydrogen-bond acceptors (Lipinski definition) is 7. The second-order valence-electron chi connectivity index (χ2n) is 9.21. The molecule has 0 radical (unpaired) electrons. The number of benzene rings is 2. The average Bonchev–Trinajstić information content (AvgIpc) is 2.92. The minimum absolute atomic E-state index is 0.0138. The Balaban J connectivity index is 1.24. The van der Waals surface area contributed by atoms with Gasteiger partial charge in [-0.1, -0.05) is 67.4 Å². The van der Waals surface area contributed by atoms with Gasteiger partial charge < -0.3 is 26.8 Å². The van der Waals surface area contributed by atoms with Gasteiger partial charge in [0.1, 0.15) is 12.4 Å². The first-order valence-electron chi connectivity index (χ1n) is 12.7.